The summed E-state index contributed by atoms with van der Waals surface area (Å²) in [7, 11) is 0. The number of hydrogen-bond donors (Lipinski definition) is 1. The number of alkyl halides is 1. The first-order valence-electron chi connectivity index (χ1n) is 5.19. The fourth-order valence-electron chi connectivity index (χ4n) is 1.74. The van der Waals surface area contributed by atoms with Gasteiger partial charge in [-0.2, -0.15) is 0 Å². The van der Waals surface area contributed by atoms with E-state index >= 15 is 0 Å². The van der Waals surface area contributed by atoms with Gasteiger partial charge in [-0.15, -0.1) is 11.6 Å². The number of nitrogens with one attached hydrogen (secondary N) is 1. The number of rotatable bonds is 4. The van der Waals surface area contributed by atoms with Crippen molar-refractivity contribution in [3.8, 4) is 0 Å². The van der Waals surface area contributed by atoms with Crippen molar-refractivity contribution in [3.63, 3.8) is 0 Å². The van der Waals surface area contributed by atoms with E-state index in [1.807, 2.05) is 18.3 Å². The average Bonchev–Trinajstić information content (AvgIpc) is 2.18. The minimum Gasteiger partial charge on any atom is -0.311 e. The topological polar surface area (TPSA) is 24.9 Å². The Morgan fingerprint density at radius 3 is 2.87 bits per heavy atom. The standard InChI is InChI=1S/C11H14BrClN2/c12-9-1-2-11(15-6-9)7-14-5-8-3-10(13)4-8/h1-2,6,8,10,14H,3-5,7H2. The Morgan fingerprint density at radius 2 is 2.27 bits per heavy atom. The second-order valence-electron chi connectivity index (χ2n) is 4.03. The molecule has 1 aromatic heterocycles. The lowest BCUT2D eigenvalue weighted by Crippen LogP contribution is -2.33. The lowest BCUT2D eigenvalue weighted by atomic mass is 9.85. The first kappa shape index (κ1) is 11.4. The van der Waals surface area contributed by atoms with Crippen molar-refractivity contribution in [2.45, 2.75) is 24.8 Å². The number of nitrogens with zero attached hydrogens (tertiary/aromatic N) is 1. The van der Waals surface area contributed by atoms with E-state index in [1.165, 1.54) is 0 Å². The molecule has 1 fully saturated rings. The van der Waals surface area contributed by atoms with Gasteiger partial charge < -0.3 is 5.32 Å². The van der Waals surface area contributed by atoms with Crippen LogP contribution in [0, 0.1) is 5.92 Å². The Hall–Kier alpha value is -0.120. The quantitative estimate of drug-likeness (QED) is 0.862. The van der Waals surface area contributed by atoms with Crippen LogP contribution in [0.3, 0.4) is 0 Å². The van der Waals surface area contributed by atoms with Crippen LogP contribution in [0.25, 0.3) is 0 Å². The van der Waals surface area contributed by atoms with E-state index < -0.39 is 0 Å². The van der Waals surface area contributed by atoms with Crippen molar-refractivity contribution in [2.75, 3.05) is 6.54 Å². The molecular formula is C11H14BrClN2. The minimum absolute atomic E-state index is 0.419. The lowest BCUT2D eigenvalue weighted by Gasteiger charge is -2.30. The molecule has 0 aromatic carbocycles. The Labute approximate surface area is 104 Å². The minimum atomic E-state index is 0.419. The monoisotopic (exact) mass is 288 g/mol. The predicted octanol–water partition coefficient (Wildman–Crippen LogP) is 2.95. The summed E-state index contributed by atoms with van der Waals surface area (Å²) in [4.78, 5) is 4.30. The zero-order valence-electron chi connectivity index (χ0n) is 8.42. The molecule has 4 heteroatoms. The van der Waals surface area contributed by atoms with Gasteiger partial charge in [-0.3, -0.25) is 4.98 Å². The van der Waals surface area contributed by atoms with Crippen LogP contribution in [0.1, 0.15) is 18.5 Å². The molecule has 0 radical (unpaired) electrons. The van der Waals surface area contributed by atoms with Crippen LogP contribution in [0.5, 0.6) is 0 Å². The molecular weight excluding hydrogens is 275 g/mol. The van der Waals surface area contributed by atoms with Crippen LogP contribution >= 0.6 is 27.5 Å². The highest BCUT2D eigenvalue weighted by Crippen LogP contribution is 2.31. The molecule has 1 heterocycles. The molecule has 0 atom stereocenters. The van der Waals surface area contributed by atoms with Gasteiger partial charge in [0, 0.05) is 22.6 Å². The van der Waals surface area contributed by atoms with E-state index in [2.05, 4.69) is 26.2 Å². The summed E-state index contributed by atoms with van der Waals surface area (Å²) in [6.07, 6.45) is 4.14. The van der Waals surface area contributed by atoms with Gasteiger partial charge >= 0.3 is 0 Å². The van der Waals surface area contributed by atoms with Gasteiger partial charge in [-0.25, -0.2) is 0 Å². The molecule has 0 aliphatic heterocycles. The molecule has 82 valence electrons. The van der Waals surface area contributed by atoms with Crippen molar-refractivity contribution in [2.24, 2.45) is 5.92 Å². The van der Waals surface area contributed by atoms with Gasteiger partial charge in [0.2, 0.25) is 0 Å². The normalized spacial score (nSPS) is 24.9. The maximum absolute atomic E-state index is 5.91. The Balaban J connectivity index is 1.67. The summed E-state index contributed by atoms with van der Waals surface area (Å²) in [6.45, 7) is 1.90. The summed E-state index contributed by atoms with van der Waals surface area (Å²) in [6, 6.07) is 4.05. The second kappa shape index (κ2) is 5.28. The number of aromatic nitrogens is 1. The van der Waals surface area contributed by atoms with Crippen molar-refractivity contribution in [1.29, 1.82) is 0 Å². The van der Waals surface area contributed by atoms with E-state index in [-0.39, 0.29) is 0 Å². The molecule has 1 N–H and O–H groups in total. The molecule has 0 unspecified atom stereocenters. The third-order valence-corrected chi connectivity index (χ3v) is 3.53. The summed E-state index contributed by atoms with van der Waals surface area (Å²) >= 11 is 9.28. The molecule has 0 spiro atoms. The van der Waals surface area contributed by atoms with Gasteiger partial charge in [0.05, 0.1) is 5.69 Å². The molecule has 1 aliphatic rings. The molecule has 1 aromatic rings. The highest BCUT2D eigenvalue weighted by atomic mass is 79.9. The summed E-state index contributed by atoms with van der Waals surface area (Å²) in [5.41, 5.74) is 1.08. The van der Waals surface area contributed by atoms with E-state index in [0.29, 0.717) is 5.38 Å². The van der Waals surface area contributed by atoms with Crippen LogP contribution in [0.2, 0.25) is 0 Å². The average molecular weight is 290 g/mol. The maximum Gasteiger partial charge on any atom is 0.0542 e. The van der Waals surface area contributed by atoms with Crippen LogP contribution in [0.4, 0.5) is 0 Å². The Bertz CT molecular complexity index is 309. The SMILES string of the molecule is ClC1CC(CNCc2ccc(Br)cn2)C1. The molecule has 15 heavy (non-hydrogen) atoms. The van der Waals surface area contributed by atoms with Gasteiger partial charge in [-0.1, -0.05) is 0 Å². The lowest BCUT2D eigenvalue weighted by molar-refractivity contribution is 0.308. The second-order valence-corrected chi connectivity index (χ2v) is 5.57. The van der Waals surface area contributed by atoms with Crippen molar-refractivity contribution in [3.05, 3.63) is 28.5 Å². The molecule has 1 saturated carbocycles. The van der Waals surface area contributed by atoms with Gasteiger partial charge in [0.15, 0.2) is 0 Å². The smallest absolute Gasteiger partial charge is 0.0542 e. The molecule has 2 nitrogen and oxygen atoms in total. The fraction of sp³-hybridized carbons (Fsp3) is 0.545. The Kier molecular flexibility index (Phi) is 4.00. The van der Waals surface area contributed by atoms with E-state index in [0.717, 1.165) is 42.0 Å². The van der Waals surface area contributed by atoms with E-state index in [9.17, 15) is 0 Å². The zero-order chi connectivity index (χ0) is 10.7. The van der Waals surface area contributed by atoms with Crippen LogP contribution < -0.4 is 5.32 Å². The van der Waals surface area contributed by atoms with Gasteiger partial charge in [0.1, 0.15) is 0 Å². The van der Waals surface area contributed by atoms with Crippen LogP contribution in [-0.2, 0) is 6.54 Å². The van der Waals surface area contributed by atoms with Crippen molar-refractivity contribution >= 4 is 27.5 Å². The van der Waals surface area contributed by atoms with Crippen molar-refractivity contribution in [1.82, 2.24) is 10.3 Å². The third-order valence-electron chi connectivity index (χ3n) is 2.71. The Morgan fingerprint density at radius 1 is 1.47 bits per heavy atom. The van der Waals surface area contributed by atoms with Crippen molar-refractivity contribution < 1.29 is 0 Å². The molecule has 2 rings (SSSR count). The molecule has 0 bridgehead atoms. The zero-order valence-corrected chi connectivity index (χ0v) is 10.8. The first-order chi connectivity index (χ1) is 7.24. The molecule has 0 saturated heterocycles. The first-order valence-corrected chi connectivity index (χ1v) is 6.42. The fourth-order valence-corrected chi connectivity index (χ4v) is 2.47. The van der Waals surface area contributed by atoms with Gasteiger partial charge in [-0.05, 0) is 53.4 Å². The highest BCUT2D eigenvalue weighted by Gasteiger charge is 2.26. The highest BCUT2D eigenvalue weighted by molar-refractivity contribution is 9.10. The largest absolute Gasteiger partial charge is 0.311 e. The predicted molar refractivity (Wildman–Crippen MR) is 66.0 cm³/mol. The number of hydrogen-bond acceptors (Lipinski definition) is 2. The summed E-state index contributed by atoms with van der Waals surface area (Å²) < 4.78 is 1.02. The van der Waals surface area contributed by atoms with E-state index in [4.69, 9.17) is 11.6 Å². The van der Waals surface area contributed by atoms with Gasteiger partial charge in [0.25, 0.3) is 0 Å². The van der Waals surface area contributed by atoms with Crippen LogP contribution in [0.15, 0.2) is 22.8 Å². The number of pyridine rings is 1. The third kappa shape index (κ3) is 3.44. The summed E-state index contributed by atoms with van der Waals surface area (Å²) in [5.74, 6) is 0.767. The molecule has 1 aliphatic carbocycles. The summed E-state index contributed by atoms with van der Waals surface area (Å²) in [5, 5.41) is 3.83. The maximum atomic E-state index is 5.91. The van der Waals surface area contributed by atoms with Crippen LogP contribution in [-0.4, -0.2) is 16.9 Å². The van der Waals surface area contributed by atoms with E-state index in [1.54, 1.807) is 0 Å². The number of halogens is 2. The molecule has 0 amide bonds.